The molecule has 8 nitrogen and oxygen atoms in total. The summed E-state index contributed by atoms with van der Waals surface area (Å²) in [6, 6.07) is 7.86. The maximum atomic E-state index is 11.4. The first-order chi connectivity index (χ1) is 12.6. The number of rotatable bonds is 6. The molecule has 8 heteroatoms. The Hall–Kier alpha value is -2.90. The largest absolute Gasteiger partial charge is 0.439 e. The van der Waals surface area contributed by atoms with E-state index in [2.05, 4.69) is 19.9 Å². The van der Waals surface area contributed by atoms with Gasteiger partial charge in [0, 0.05) is 19.6 Å². The molecule has 3 rings (SSSR count). The van der Waals surface area contributed by atoms with E-state index in [0.29, 0.717) is 12.5 Å². The van der Waals surface area contributed by atoms with Gasteiger partial charge in [-0.1, -0.05) is 12.1 Å². The summed E-state index contributed by atoms with van der Waals surface area (Å²) in [4.78, 5) is 33.3. The van der Waals surface area contributed by atoms with Gasteiger partial charge in [-0.05, 0) is 37.3 Å². The summed E-state index contributed by atoms with van der Waals surface area (Å²) < 4.78 is 4.65. The Morgan fingerprint density at radius 3 is 2.69 bits per heavy atom. The molecule has 2 heterocycles. The standard InChI is InChI=1S/C18H23N5O3/c19-16(24)12-26-18(25)20-8-5-13-6-9-23(10-7-13)17-11-21-14-3-1-2-4-15(14)22-17/h1-4,11,13H,5-10,12H2,(H2,19,24)(H,20,25). The number of amides is 2. The predicted octanol–water partition coefficient (Wildman–Crippen LogP) is 1.45. The molecule has 0 bridgehead atoms. The number of benzene rings is 1. The maximum absolute atomic E-state index is 11.4. The molecule has 3 N–H and O–H groups in total. The minimum atomic E-state index is -0.663. The van der Waals surface area contributed by atoms with Gasteiger partial charge in [0.2, 0.25) is 0 Å². The number of nitrogens with zero attached hydrogens (tertiary/aromatic N) is 3. The Morgan fingerprint density at radius 1 is 1.23 bits per heavy atom. The summed E-state index contributed by atoms with van der Waals surface area (Å²) in [6.45, 7) is 1.97. The van der Waals surface area contributed by atoms with Crippen LogP contribution in [0.3, 0.4) is 0 Å². The molecule has 2 aromatic rings. The molecule has 1 saturated heterocycles. The zero-order chi connectivity index (χ0) is 18.4. The zero-order valence-corrected chi connectivity index (χ0v) is 14.6. The molecular formula is C18H23N5O3. The number of carbonyl (C=O) groups excluding carboxylic acids is 2. The van der Waals surface area contributed by atoms with Crippen LogP contribution in [0.25, 0.3) is 11.0 Å². The van der Waals surface area contributed by atoms with E-state index in [9.17, 15) is 9.59 Å². The predicted molar refractivity (Wildman–Crippen MR) is 97.6 cm³/mol. The molecule has 0 atom stereocenters. The van der Waals surface area contributed by atoms with Crippen LogP contribution in [0.1, 0.15) is 19.3 Å². The van der Waals surface area contributed by atoms with Crippen molar-refractivity contribution in [2.75, 3.05) is 31.1 Å². The average Bonchev–Trinajstić information content (AvgIpc) is 2.66. The highest BCUT2D eigenvalue weighted by Crippen LogP contribution is 2.24. The number of hydrogen-bond acceptors (Lipinski definition) is 6. The summed E-state index contributed by atoms with van der Waals surface area (Å²) in [5, 5.41) is 2.64. The van der Waals surface area contributed by atoms with Crippen molar-refractivity contribution < 1.29 is 14.3 Å². The smallest absolute Gasteiger partial charge is 0.407 e. The minimum Gasteiger partial charge on any atom is -0.439 e. The van der Waals surface area contributed by atoms with Crippen LogP contribution in [0.4, 0.5) is 10.6 Å². The van der Waals surface area contributed by atoms with Crippen LogP contribution in [0.15, 0.2) is 30.5 Å². The van der Waals surface area contributed by atoms with Gasteiger partial charge < -0.3 is 20.7 Å². The third-order valence-corrected chi connectivity index (χ3v) is 4.54. The van der Waals surface area contributed by atoms with Gasteiger partial charge in [0.1, 0.15) is 5.82 Å². The van der Waals surface area contributed by atoms with Crippen molar-refractivity contribution in [2.45, 2.75) is 19.3 Å². The topological polar surface area (TPSA) is 110 Å². The third kappa shape index (κ3) is 4.81. The van der Waals surface area contributed by atoms with Crippen LogP contribution >= 0.6 is 0 Å². The van der Waals surface area contributed by atoms with Crippen molar-refractivity contribution >= 4 is 28.9 Å². The number of primary amides is 1. The zero-order valence-electron chi connectivity index (χ0n) is 14.6. The number of alkyl carbamates (subject to hydrolysis) is 1. The normalized spacial score (nSPS) is 15.0. The van der Waals surface area contributed by atoms with Crippen molar-refractivity contribution in [3.8, 4) is 0 Å². The van der Waals surface area contributed by atoms with Crippen molar-refractivity contribution in [3.05, 3.63) is 30.5 Å². The fraction of sp³-hybridized carbons (Fsp3) is 0.444. The molecule has 26 heavy (non-hydrogen) atoms. The lowest BCUT2D eigenvalue weighted by Gasteiger charge is -2.32. The van der Waals surface area contributed by atoms with E-state index in [1.54, 1.807) is 0 Å². The van der Waals surface area contributed by atoms with Crippen molar-refractivity contribution in [2.24, 2.45) is 11.7 Å². The fourth-order valence-corrected chi connectivity index (χ4v) is 3.12. The van der Waals surface area contributed by atoms with E-state index >= 15 is 0 Å². The van der Waals surface area contributed by atoms with Crippen molar-refractivity contribution in [1.82, 2.24) is 15.3 Å². The van der Waals surface area contributed by atoms with Crippen LogP contribution in [-0.2, 0) is 9.53 Å². The third-order valence-electron chi connectivity index (χ3n) is 4.54. The first-order valence-electron chi connectivity index (χ1n) is 8.77. The highest BCUT2D eigenvalue weighted by Gasteiger charge is 2.20. The molecule has 0 unspecified atom stereocenters. The second-order valence-corrected chi connectivity index (χ2v) is 6.41. The molecule has 0 saturated carbocycles. The molecule has 1 aromatic carbocycles. The number of para-hydroxylation sites is 2. The highest BCUT2D eigenvalue weighted by atomic mass is 16.6. The lowest BCUT2D eigenvalue weighted by Crippen LogP contribution is -2.36. The van der Waals surface area contributed by atoms with Crippen LogP contribution in [0.2, 0.25) is 0 Å². The first kappa shape index (κ1) is 17.9. The molecule has 0 aliphatic carbocycles. The monoisotopic (exact) mass is 357 g/mol. The number of ether oxygens (including phenoxy) is 1. The van der Waals surface area contributed by atoms with E-state index in [1.807, 2.05) is 30.5 Å². The van der Waals surface area contributed by atoms with Gasteiger partial charge in [-0.15, -0.1) is 0 Å². The Morgan fingerprint density at radius 2 is 1.96 bits per heavy atom. The van der Waals surface area contributed by atoms with E-state index < -0.39 is 18.6 Å². The fourth-order valence-electron chi connectivity index (χ4n) is 3.12. The van der Waals surface area contributed by atoms with Gasteiger partial charge >= 0.3 is 6.09 Å². The Kier molecular flexibility index (Phi) is 5.83. The highest BCUT2D eigenvalue weighted by molar-refractivity contribution is 5.78. The maximum Gasteiger partial charge on any atom is 0.407 e. The minimum absolute atomic E-state index is 0.392. The number of nitrogens with two attached hydrogens (primary N) is 1. The molecule has 138 valence electrons. The molecular weight excluding hydrogens is 334 g/mol. The van der Waals surface area contributed by atoms with Crippen LogP contribution in [0.5, 0.6) is 0 Å². The quantitative estimate of drug-likeness (QED) is 0.809. The Balaban J connectivity index is 1.42. The summed E-state index contributed by atoms with van der Waals surface area (Å²) in [6.07, 6.45) is 4.17. The number of hydrogen-bond donors (Lipinski definition) is 2. The molecule has 2 amide bonds. The second kappa shape index (κ2) is 8.46. The Labute approximate surface area is 151 Å². The van der Waals surface area contributed by atoms with Gasteiger partial charge in [0.25, 0.3) is 5.91 Å². The van der Waals surface area contributed by atoms with Gasteiger partial charge in [0.15, 0.2) is 6.61 Å². The summed E-state index contributed by atoms with van der Waals surface area (Å²) in [5.41, 5.74) is 6.73. The molecule has 0 radical (unpaired) electrons. The molecule has 1 aliphatic heterocycles. The van der Waals surface area contributed by atoms with Crippen LogP contribution in [-0.4, -0.2) is 48.2 Å². The summed E-state index contributed by atoms with van der Waals surface area (Å²) in [7, 11) is 0. The average molecular weight is 357 g/mol. The number of anilines is 1. The number of aromatic nitrogens is 2. The van der Waals surface area contributed by atoms with E-state index in [-0.39, 0.29) is 0 Å². The van der Waals surface area contributed by atoms with E-state index in [1.165, 1.54) is 0 Å². The lowest BCUT2D eigenvalue weighted by molar-refractivity contribution is -0.120. The van der Waals surface area contributed by atoms with Gasteiger partial charge in [0.05, 0.1) is 17.2 Å². The molecule has 1 aromatic heterocycles. The summed E-state index contributed by atoms with van der Waals surface area (Å²) >= 11 is 0. The van der Waals surface area contributed by atoms with E-state index in [4.69, 9.17) is 10.7 Å². The van der Waals surface area contributed by atoms with Crippen molar-refractivity contribution in [3.63, 3.8) is 0 Å². The first-order valence-corrected chi connectivity index (χ1v) is 8.77. The number of nitrogens with one attached hydrogen (secondary N) is 1. The molecule has 0 spiro atoms. The lowest BCUT2D eigenvalue weighted by atomic mass is 9.93. The van der Waals surface area contributed by atoms with Gasteiger partial charge in [-0.25, -0.2) is 9.78 Å². The van der Waals surface area contributed by atoms with Crippen molar-refractivity contribution in [1.29, 1.82) is 0 Å². The van der Waals surface area contributed by atoms with Crippen LogP contribution < -0.4 is 16.0 Å². The number of carbonyl (C=O) groups is 2. The van der Waals surface area contributed by atoms with E-state index in [0.717, 1.165) is 49.2 Å². The number of fused-ring (bicyclic) bond motifs is 1. The SMILES string of the molecule is NC(=O)COC(=O)NCCC1CCN(c2cnc3ccccc3n2)CC1. The molecule has 1 fully saturated rings. The van der Waals surface area contributed by atoms with Crippen LogP contribution in [0, 0.1) is 5.92 Å². The Bertz CT molecular complexity index is 774. The van der Waals surface area contributed by atoms with Gasteiger partial charge in [-0.3, -0.25) is 9.78 Å². The van der Waals surface area contributed by atoms with Gasteiger partial charge in [-0.2, -0.15) is 0 Å². The second-order valence-electron chi connectivity index (χ2n) is 6.41. The number of piperidine rings is 1. The summed E-state index contributed by atoms with van der Waals surface area (Å²) in [5.74, 6) is 0.788. The molecule has 1 aliphatic rings.